The Morgan fingerprint density at radius 1 is 1.20 bits per heavy atom. The molecule has 0 heterocycles. The smallest absolute Gasteiger partial charge is 0.228 e. The minimum absolute atomic E-state index is 0.00366. The number of rotatable bonds is 5. The Kier molecular flexibility index (Phi) is 6.32. The third-order valence-corrected chi connectivity index (χ3v) is 6.53. The molecule has 3 atom stereocenters. The molecule has 0 aromatic heterocycles. The number of carbonyl (C=O) groups is 1. The van der Waals surface area contributed by atoms with E-state index in [-0.39, 0.29) is 23.2 Å². The van der Waals surface area contributed by atoms with Crippen molar-refractivity contribution in [2.45, 2.75) is 40.5 Å². The molecule has 1 saturated carbocycles. The second-order valence-corrected chi connectivity index (χ2v) is 9.70. The number of nitrogens with zero attached hydrogens (tertiary/aromatic N) is 1. The van der Waals surface area contributed by atoms with Crippen LogP contribution in [0.1, 0.15) is 50.3 Å². The van der Waals surface area contributed by atoms with Crippen LogP contribution in [0.4, 0.5) is 5.69 Å². The van der Waals surface area contributed by atoms with Gasteiger partial charge >= 0.3 is 0 Å². The minimum Gasteiger partial charge on any atom is -0.326 e. The van der Waals surface area contributed by atoms with Crippen LogP contribution in [0.2, 0.25) is 10.0 Å². The maximum atomic E-state index is 12.9. The van der Waals surface area contributed by atoms with Crippen LogP contribution >= 0.6 is 23.2 Å². The lowest BCUT2D eigenvalue weighted by Crippen LogP contribution is -2.17. The summed E-state index contributed by atoms with van der Waals surface area (Å²) in [5, 5.41) is 13.9. The molecule has 0 saturated heterocycles. The molecular weight excluding hydrogens is 415 g/mol. The molecule has 0 aliphatic heterocycles. The van der Waals surface area contributed by atoms with Crippen molar-refractivity contribution in [2.75, 3.05) is 5.32 Å². The van der Waals surface area contributed by atoms with E-state index in [1.54, 1.807) is 18.2 Å². The van der Waals surface area contributed by atoms with Crippen LogP contribution in [0, 0.1) is 35.5 Å². The number of allylic oxidation sites excluding steroid dienone is 2. The second kappa shape index (κ2) is 8.46. The fourth-order valence-electron chi connectivity index (χ4n) is 4.10. The highest BCUT2D eigenvalue weighted by molar-refractivity contribution is 6.32. The maximum absolute atomic E-state index is 12.9. The maximum Gasteiger partial charge on any atom is 0.228 e. The van der Waals surface area contributed by atoms with E-state index >= 15 is 0 Å². The molecule has 1 aliphatic carbocycles. The van der Waals surface area contributed by atoms with Gasteiger partial charge in [0.1, 0.15) is 0 Å². The van der Waals surface area contributed by atoms with E-state index in [0.29, 0.717) is 21.3 Å². The van der Waals surface area contributed by atoms with Gasteiger partial charge in [-0.3, -0.25) is 4.79 Å². The molecule has 3 nitrogen and oxygen atoms in total. The molecule has 1 amide bonds. The fourth-order valence-corrected chi connectivity index (χ4v) is 4.50. The van der Waals surface area contributed by atoms with Gasteiger partial charge in [0.2, 0.25) is 5.91 Å². The zero-order valence-electron chi connectivity index (χ0n) is 17.9. The Balaban J connectivity index is 1.85. The molecule has 2 aromatic rings. The zero-order chi connectivity index (χ0) is 22.2. The van der Waals surface area contributed by atoms with Crippen LogP contribution in [0.5, 0.6) is 0 Å². The summed E-state index contributed by atoms with van der Waals surface area (Å²) >= 11 is 12.5. The number of nitriles is 1. The van der Waals surface area contributed by atoms with Gasteiger partial charge in [-0.1, -0.05) is 66.9 Å². The summed E-state index contributed by atoms with van der Waals surface area (Å²) in [5.41, 5.74) is 4.25. The summed E-state index contributed by atoms with van der Waals surface area (Å²) in [5.74, 6) is -0.330. The number of anilines is 1. The van der Waals surface area contributed by atoms with E-state index in [0.717, 1.165) is 11.1 Å². The lowest BCUT2D eigenvalue weighted by atomic mass is 9.91. The highest BCUT2D eigenvalue weighted by atomic mass is 35.5. The summed E-state index contributed by atoms with van der Waals surface area (Å²) in [6.45, 7) is 10.3. The summed E-state index contributed by atoms with van der Waals surface area (Å²) in [7, 11) is 0. The van der Waals surface area contributed by atoms with Gasteiger partial charge in [0.15, 0.2) is 0 Å². The van der Waals surface area contributed by atoms with Gasteiger partial charge in [-0.15, -0.1) is 0 Å². The minimum atomic E-state index is -0.511. The largest absolute Gasteiger partial charge is 0.326 e. The SMILES string of the molecule is CC(C)=CC1C(C(=O)Nc2cc(Cl)c(C(C#N)c3ccc(Cl)cc3)cc2C)C1(C)C. The van der Waals surface area contributed by atoms with Crippen molar-refractivity contribution in [3.8, 4) is 6.07 Å². The van der Waals surface area contributed by atoms with E-state index in [9.17, 15) is 10.1 Å². The van der Waals surface area contributed by atoms with Crippen LogP contribution < -0.4 is 5.32 Å². The summed E-state index contributed by atoms with van der Waals surface area (Å²) in [6, 6.07) is 13.1. The first-order chi connectivity index (χ1) is 14.1. The number of hydrogen-bond donors (Lipinski definition) is 1. The lowest BCUT2D eigenvalue weighted by molar-refractivity contribution is -0.118. The first-order valence-electron chi connectivity index (χ1n) is 9.97. The summed E-state index contributed by atoms with van der Waals surface area (Å²) < 4.78 is 0. The average molecular weight is 441 g/mol. The van der Waals surface area contributed by atoms with Crippen molar-refractivity contribution >= 4 is 34.8 Å². The Morgan fingerprint density at radius 2 is 1.83 bits per heavy atom. The van der Waals surface area contributed by atoms with E-state index in [1.807, 2.05) is 25.1 Å². The van der Waals surface area contributed by atoms with Crippen molar-refractivity contribution in [2.24, 2.45) is 17.3 Å². The standard InChI is InChI=1S/C25H26Cl2N2O/c1-14(2)10-20-23(25(20,4)5)24(30)29-22-12-21(27)18(11-15(22)3)19(13-28)16-6-8-17(26)9-7-16/h6-12,19-20,23H,1-5H3,(H,29,30). The van der Waals surface area contributed by atoms with Crippen molar-refractivity contribution in [3.63, 3.8) is 0 Å². The Bertz CT molecular complexity index is 1040. The molecule has 3 unspecified atom stereocenters. The number of amides is 1. The van der Waals surface area contributed by atoms with Crippen molar-refractivity contribution < 1.29 is 4.79 Å². The van der Waals surface area contributed by atoms with Crippen LogP contribution in [0.3, 0.4) is 0 Å². The van der Waals surface area contributed by atoms with Crippen molar-refractivity contribution in [1.29, 1.82) is 5.26 Å². The third kappa shape index (κ3) is 4.41. The predicted octanol–water partition coefficient (Wildman–Crippen LogP) is 7.13. The monoisotopic (exact) mass is 440 g/mol. The molecule has 5 heteroatoms. The fraction of sp³-hybridized carbons (Fsp3) is 0.360. The van der Waals surface area contributed by atoms with Crippen LogP contribution in [0.15, 0.2) is 48.0 Å². The molecule has 3 rings (SSSR count). The number of hydrogen-bond acceptors (Lipinski definition) is 2. The summed E-state index contributed by atoms with van der Waals surface area (Å²) in [6.07, 6.45) is 2.18. The molecular formula is C25H26Cl2N2O. The molecule has 1 aliphatic rings. The van der Waals surface area contributed by atoms with E-state index in [4.69, 9.17) is 23.2 Å². The lowest BCUT2D eigenvalue weighted by Gasteiger charge is -2.16. The van der Waals surface area contributed by atoms with E-state index in [1.165, 1.54) is 5.57 Å². The molecule has 2 aromatic carbocycles. The molecule has 30 heavy (non-hydrogen) atoms. The third-order valence-electron chi connectivity index (χ3n) is 5.95. The van der Waals surface area contributed by atoms with Gasteiger partial charge in [0.25, 0.3) is 0 Å². The van der Waals surface area contributed by atoms with Crippen LogP contribution in [0.25, 0.3) is 0 Å². The summed E-state index contributed by atoms with van der Waals surface area (Å²) in [4.78, 5) is 12.9. The number of halogens is 2. The van der Waals surface area contributed by atoms with Gasteiger partial charge in [0.05, 0.1) is 17.9 Å². The number of benzene rings is 2. The zero-order valence-corrected chi connectivity index (χ0v) is 19.4. The van der Waals surface area contributed by atoms with Crippen molar-refractivity contribution in [1.82, 2.24) is 0 Å². The van der Waals surface area contributed by atoms with Crippen molar-refractivity contribution in [3.05, 3.63) is 74.8 Å². The van der Waals surface area contributed by atoms with Gasteiger partial charge < -0.3 is 5.32 Å². The predicted molar refractivity (Wildman–Crippen MR) is 124 cm³/mol. The van der Waals surface area contributed by atoms with Crippen LogP contribution in [-0.4, -0.2) is 5.91 Å². The Hall–Kier alpha value is -2.28. The second-order valence-electron chi connectivity index (χ2n) is 8.86. The molecule has 0 radical (unpaired) electrons. The van der Waals surface area contributed by atoms with Gasteiger partial charge in [-0.05, 0) is 67.0 Å². The average Bonchev–Trinajstić information content (AvgIpc) is 3.20. The first kappa shape index (κ1) is 22.4. The van der Waals surface area contributed by atoms with E-state index < -0.39 is 5.92 Å². The Morgan fingerprint density at radius 3 is 2.40 bits per heavy atom. The molecule has 156 valence electrons. The number of carbonyl (C=O) groups excluding carboxylic acids is 1. The molecule has 0 spiro atoms. The molecule has 0 bridgehead atoms. The molecule has 1 N–H and O–H groups in total. The normalized spacial score (nSPS) is 20.1. The quantitative estimate of drug-likeness (QED) is 0.502. The van der Waals surface area contributed by atoms with E-state index in [2.05, 4.69) is 45.2 Å². The highest BCUT2D eigenvalue weighted by Gasteiger charge is 2.60. The van der Waals surface area contributed by atoms with Gasteiger partial charge in [0, 0.05) is 15.7 Å². The number of aryl methyl sites for hydroxylation is 1. The number of nitrogens with one attached hydrogen (secondary N) is 1. The highest BCUT2D eigenvalue weighted by Crippen LogP contribution is 2.59. The van der Waals surface area contributed by atoms with Crippen LogP contribution in [-0.2, 0) is 4.79 Å². The van der Waals surface area contributed by atoms with Gasteiger partial charge in [-0.25, -0.2) is 0 Å². The first-order valence-corrected chi connectivity index (χ1v) is 10.7. The Labute approximate surface area is 188 Å². The topological polar surface area (TPSA) is 52.9 Å². The van der Waals surface area contributed by atoms with Gasteiger partial charge in [-0.2, -0.15) is 5.26 Å². The molecule has 1 fully saturated rings.